The molecule has 0 saturated heterocycles. The zero-order valence-electron chi connectivity index (χ0n) is 12.0. The van der Waals surface area contributed by atoms with Gasteiger partial charge in [0.05, 0.1) is 0 Å². The van der Waals surface area contributed by atoms with Gasteiger partial charge in [0.25, 0.3) is 0 Å². The van der Waals surface area contributed by atoms with Gasteiger partial charge < -0.3 is 0 Å². The average Bonchev–Trinajstić information content (AvgIpc) is 2.85. The van der Waals surface area contributed by atoms with Crippen LogP contribution in [0.25, 0.3) is 0 Å². The molecule has 17 heavy (non-hydrogen) atoms. The third kappa shape index (κ3) is 1.91. The Kier molecular flexibility index (Phi) is 3.28. The Morgan fingerprint density at radius 3 is 1.65 bits per heavy atom. The summed E-state index contributed by atoms with van der Waals surface area (Å²) in [5, 5.41) is 0. The van der Waals surface area contributed by atoms with Gasteiger partial charge in [0.15, 0.2) is 0 Å². The molecule has 2 rings (SSSR count). The van der Waals surface area contributed by atoms with Crippen LogP contribution in [0.4, 0.5) is 0 Å². The molecular weight excluding hydrogens is 265 g/mol. The van der Waals surface area contributed by atoms with E-state index >= 15 is 0 Å². The summed E-state index contributed by atoms with van der Waals surface area (Å²) in [5.74, 6) is 5.18. The molecule has 0 saturated carbocycles. The van der Waals surface area contributed by atoms with Crippen LogP contribution in [-0.4, -0.2) is 13.3 Å². The number of rotatable bonds is 2. The van der Waals surface area contributed by atoms with E-state index < -0.39 is 13.3 Å². The number of allylic oxidation sites excluding steroid dienone is 8. The first-order valence-corrected chi connectivity index (χ1v) is 13.2. The molecule has 0 N–H and O–H groups in total. The molecule has 0 amide bonds. The van der Waals surface area contributed by atoms with Crippen molar-refractivity contribution in [2.24, 2.45) is 0 Å². The van der Waals surface area contributed by atoms with Crippen LogP contribution in [0.15, 0.2) is 46.6 Å². The monoisotopic (exact) mass is 290 g/mol. The van der Waals surface area contributed by atoms with Crippen LogP contribution in [0.5, 0.6) is 0 Å². The Morgan fingerprint density at radius 1 is 0.824 bits per heavy atom. The fraction of sp³-hybridized carbons (Fsp3) is 0.500. The zero-order chi connectivity index (χ0) is 12.8. The fourth-order valence-corrected chi connectivity index (χ4v) is 12.5. The molecule has 1 heteroatoms. The van der Waals surface area contributed by atoms with Crippen LogP contribution in [-0.2, 0) is 0 Å². The first-order chi connectivity index (χ1) is 7.87. The second-order valence-electron chi connectivity index (χ2n) is 6.17. The molecule has 0 aliphatic heterocycles. The normalized spacial score (nSPS) is 22.5. The van der Waals surface area contributed by atoms with Crippen LogP contribution in [0.1, 0.15) is 27.7 Å². The molecule has 0 aromatic heterocycles. The molecule has 0 atom stereocenters. The molecule has 92 valence electrons. The Labute approximate surface area is 109 Å². The summed E-state index contributed by atoms with van der Waals surface area (Å²) in [4.78, 5) is 0. The third-order valence-electron chi connectivity index (χ3n) is 4.96. The predicted molar refractivity (Wildman–Crippen MR) is 80.0 cm³/mol. The van der Waals surface area contributed by atoms with Gasteiger partial charge in [0, 0.05) is 0 Å². The van der Waals surface area contributed by atoms with Gasteiger partial charge in [-0.05, 0) is 0 Å². The predicted octanol–water partition coefficient (Wildman–Crippen LogP) is 5.25. The van der Waals surface area contributed by atoms with Gasteiger partial charge in [-0.25, -0.2) is 0 Å². The molecule has 0 fully saturated rings. The van der Waals surface area contributed by atoms with Crippen molar-refractivity contribution >= 4 is 13.3 Å². The van der Waals surface area contributed by atoms with E-state index in [2.05, 4.69) is 63.5 Å². The Hall–Kier alpha value is -0.497. The summed E-state index contributed by atoms with van der Waals surface area (Å²) >= 11 is -1.90. The van der Waals surface area contributed by atoms with E-state index in [0.29, 0.717) is 0 Å². The van der Waals surface area contributed by atoms with Crippen LogP contribution < -0.4 is 0 Å². The Bertz CT molecular complexity index is 422. The van der Waals surface area contributed by atoms with E-state index in [1.165, 1.54) is 0 Å². The van der Waals surface area contributed by atoms with Crippen molar-refractivity contribution in [2.75, 3.05) is 0 Å². The summed E-state index contributed by atoms with van der Waals surface area (Å²) in [6, 6.07) is 0. The van der Waals surface area contributed by atoms with Gasteiger partial charge >= 0.3 is 109 Å². The van der Waals surface area contributed by atoms with Crippen LogP contribution in [0, 0.1) is 0 Å². The van der Waals surface area contributed by atoms with E-state index in [4.69, 9.17) is 0 Å². The minimum atomic E-state index is -1.90. The molecule has 0 spiro atoms. The van der Waals surface area contributed by atoms with E-state index in [1.807, 2.05) is 0 Å². The van der Waals surface area contributed by atoms with Gasteiger partial charge in [-0.3, -0.25) is 0 Å². The third-order valence-corrected chi connectivity index (χ3v) is 14.3. The number of hydrogen-bond acceptors (Lipinski definition) is 0. The Balaban J connectivity index is 2.41. The molecule has 0 radical (unpaired) electrons. The van der Waals surface area contributed by atoms with Crippen molar-refractivity contribution in [2.45, 2.75) is 48.7 Å². The van der Waals surface area contributed by atoms with Crippen molar-refractivity contribution in [3.63, 3.8) is 0 Å². The van der Waals surface area contributed by atoms with Crippen molar-refractivity contribution < 1.29 is 0 Å². The van der Waals surface area contributed by atoms with Gasteiger partial charge in [-0.15, -0.1) is 0 Å². The second-order valence-corrected chi connectivity index (χ2v) is 16.4. The standard InChI is InChI=1S/C16H24Ge/c1-11-12(2)14(4)16(13(11)3)17(5,6)15-9-7-8-10-15/h7-10,15-16H,1-6H3. The molecule has 0 unspecified atom stereocenters. The maximum absolute atomic E-state index is 2.59. The van der Waals surface area contributed by atoms with E-state index in [0.717, 1.165) is 9.50 Å². The van der Waals surface area contributed by atoms with E-state index in [1.54, 1.807) is 22.3 Å². The van der Waals surface area contributed by atoms with Crippen LogP contribution >= 0.6 is 0 Å². The van der Waals surface area contributed by atoms with E-state index in [9.17, 15) is 0 Å². The first-order valence-electron chi connectivity index (χ1n) is 6.57. The van der Waals surface area contributed by atoms with Crippen LogP contribution in [0.2, 0.25) is 21.0 Å². The van der Waals surface area contributed by atoms with Crippen molar-refractivity contribution in [1.29, 1.82) is 0 Å². The van der Waals surface area contributed by atoms with E-state index in [-0.39, 0.29) is 0 Å². The quantitative estimate of drug-likeness (QED) is 0.609. The summed E-state index contributed by atoms with van der Waals surface area (Å²) in [6.45, 7) is 9.31. The molecule has 0 bridgehead atoms. The molecule has 0 nitrogen and oxygen atoms in total. The van der Waals surface area contributed by atoms with Gasteiger partial charge in [0.1, 0.15) is 0 Å². The number of hydrogen-bond donors (Lipinski definition) is 0. The second kappa shape index (κ2) is 4.31. The Morgan fingerprint density at radius 2 is 1.24 bits per heavy atom. The molecule has 2 aliphatic rings. The van der Waals surface area contributed by atoms with Crippen LogP contribution in [0.3, 0.4) is 0 Å². The molecule has 0 aromatic carbocycles. The summed E-state index contributed by atoms with van der Waals surface area (Å²) in [6.07, 6.45) is 9.29. The van der Waals surface area contributed by atoms with Crippen molar-refractivity contribution in [3.05, 3.63) is 46.6 Å². The van der Waals surface area contributed by atoms with Gasteiger partial charge in [-0.1, -0.05) is 0 Å². The average molecular weight is 289 g/mol. The molecule has 0 heterocycles. The topological polar surface area (TPSA) is 0 Å². The molecule has 0 aromatic rings. The summed E-state index contributed by atoms with van der Waals surface area (Å²) in [7, 11) is 0. The van der Waals surface area contributed by atoms with Crippen molar-refractivity contribution in [1.82, 2.24) is 0 Å². The molecular formula is C16H24Ge. The first kappa shape index (κ1) is 12.9. The summed E-state index contributed by atoms with van der Waals surface area (Å²) < 4.78 is 1.54. The fourth-order valence-electron chi connectivity index (χ4n) is 3.59. The van der Waals surface area contributed by atoms with Crippen molar-refractivity contribution in [3.8, 4) is 0 Å². The van der Waals surface area contributed by atoms with Gasteiger partial charge in [0.2, 0.25) is 0 Å². The zero-order valence-corrected chi connectivity index (χ0v) is 14.1. The van der Waals surface area contributed by atoms with Gasteiger partial charge in [-0.2, -0.15) is 0 Å². The molecule has 2 aliphatic carbocycles. The summed E-state index contributed by atoms with van der Waals surface area (Å²) in [5.41, 5.74) is 6.41. The SMILES string of the molecule is CC1=C(C)[CH]([Ge]([CH3])([CH3])[CH]2C=CC=C2)C(C)=C1C. The maximum atomic E-state index is 2.59. The minimum absolute atomic E-state index is 0.753.